The van der Waals surface area contributed by atoms with Crippen LogP contribution in [0.5, 0.6) is 0 Å². The maximum absolute atomic E-state index is 14.0. The first-order valence-electron chi connectivity index (χ1n) is 7.93. The lowest BCUT2D eigenvalue weighted by Crippen LogP contribution is -2.53. The van der Waals surface area contributed by atoms with Crippen LogP contribution >= 0.6 is 0 Å². The van der Waals surface area contributed by atoms with Gasteiger partial charge in [0.25, 0.3) is 0 Å². The second-order valence-electron chi connectivity index (χ2n) is 6.06. The summed E-state index contributed by atoms with van der Waals surface area (Å²) in [4.78, 5) is 25.6. The molecule has 1 heterocycles. The van der Waals surface area contributed by atoms with Crippen LogP contribution in [-0.2, 0) is 4.79 Å². The Labute approximate surface area is 147 Å². The highest BCUT2D eigenvalue weighted by Gasteiger charge is 2.37. The molecule has 0 bridgehead atoms. The van der Waals surface area contributed by atoms with Gasteiger partial charge in [-0.3, -0.25) is 9.69 Å². The second-order valence-corrected chi connectivity index (χ2v) is 6.06. The number of likely N-dealkylation sites (tertiary alicyclic amines) is 1. The molecule has 1 aliphatic rings. The predicted octanol–water partition coefficient (Wildman–Crippen LogP) is 2.98. The molecule has 1 fully saturated rings. The van der Waals surface area contributed by atoms with E-state index in [9.17, 15) is 22.8 Å². The van der Waals surface area contributed by atoms with Gasteiger partial charge in [-0.05, 0) is 23.8 Å². The number of halogens is 3. The van der Waals surface area contributed by atoms with E-state index in [2.05, 4.69) is 5.32 Å². The number of nitrogens with zero attached hydrogens (tertiary/aromatic N) is 1. The third-order valence-electron chi connectivity index (χ3n) is 4.32. The van der Waals surface area contributed by atoms with Gasteiger partial charge in [-0.15, -0.1) is 0 Å². The highest BCUT2D eigenvalue weighted by Crippen LogP contribution is 2.31. The van der Waals surface area contributed by atoms with Crippen molar-refractivity contribution in [3.8, 4) is 0 Å². The molecule has 5 nitrogen and oxygen atoms in total. The molecule has 0 aliphatic carbocycles. The van der Waals surface area contributed by atoms with Crippen molar-refractivity contribution in [2.75, 3.05) is 11.9 Å². The number of nitrogens with two attached hydrogens (primary N) is 1. The van der Waals surface area contributed by atoms with Crippen molar-refractivity contribution in [1.29, 1.82) is 0 Å². The third-order valence-corrected chi connectivity index (χ3v) is 4.32. The largest absolute Gasteiger partial charge is 0.328 e. The number of piperidine rings is 1. The average molecular weight is 363 g/mol. The Morgan fingerprint density at radius 1 is 1.08 bits per heavy atom. The molecule has 3 rings (SSSR count). The molecule has 8 heteroatoms. The standard InChI is InChI=1S/C18H16F3N3O2/c19-13-8-15(21)14(20)6-11(13)12-7-17(25)24(9-16(12)22)18(26)23-10-4-2-1-3-5-10/h1-6,8,12,16H,7,9,22H2,(H,23,26)/t12-,16+/m1/s1. The normalized spacial score (nSPS) is 20.2. The molecule has 2 atom stereocenters. The van der Waals surface area contributed by atoms with Crippen LogP contribution in [0.1, 0.15) is 17.9 Å². The molecule has 3 N–H and O–H groups in total. The van der Waals surface area contributed by atoms with E-state index in [1.54, 1.807) is 30.3 Å². The van der Waals surface area contributed by atoms with Gasteiger partial charge in [0.15, 0.2) is 11.6 Å². The number of nitrogens with one attached hydrogen (secondary N) is 1. The van der Waals surface area contributed by atoms with Gasteiger partial charge in [-0.25, -0.2) is 18.0 Å². The molecular formula is C18H16F3N3O2. The van der Waals surface area contributed by atoms with Gasteiger partial charge in [0.05, 0.1) is 0 Å². The van der Waals surface area contributed by atoms with Gasteiger partial charge in [0.2, 0.25) is 5.91 Å². The Kier molecular flexibility index (Phi) is 4.94. The van der Waals surface area contributed by atoms with Crippen LogP contribution in [0.4, 0.5) is 23.7 Å². The summed E-state index contributed by atoms with van der Waals surface area (Å²) < 4.78 is 40.5. The zero-order valence-electron chi connectivity index (χ0n) is 13.6. The summed E-state index contributed by atoms with van der Waals surface area (Å²) in [7, 11) is 0. The van der Waals surface area contributed by atoms with Crippen molar-refractivity contribution in [3.05, 3.63) is 65.5 Å². The van der Waals surface area contributed by atoms with Crippen molar-refractivity contribution in [3.63, 3.8) is 0 Å². The van der Waals surface area contributed by atoms with Gasteiger partial charge >= 0.3 is 6.03 Å². The predicted molar refractivity (Wildman–Crippen MR) is 88.8 cm³/mol. The number of anilines is 1. The lowest BCUT2D eigenvalue weighted by atomic mass is 9.85. The average Bonchev–Trinajstić information content (AvgIpc) is 2.61. The Bertz CT molecular complexity index is 845. The maximum Gasteiger partial charge on any atom is 0.328 e. The van der Waals surface area contributed by atoms with E-state index in [1.165, 1.54) is 0 Å². The number of amides is 3. The van der Waals surface area contributed by atoms with Crippen molar-refractivity contribution in [1.82, 2.24) is 4.90 Å². The number of benzene rings is 2. The van der Waals surface area contributed by atoms with Crippen LogP contribution in [0.15, 0.2) is 42.5 Å². The van der Waals surface area contributed by atoms with E-state index in [1.807, 2.05) is 0 Å². The van der Waals surface area contributed by atoms with Gasteiger partial charge in [0, 0.05) is 36.7 Å². The summed E-state index contributed by atoms with van der Waals surface area (Å²) in [6.45, 7) is -0.166. The van der Waals surface area contributed by atoms with Gasteiger partial charge < -0.3 is 11.1 Å². The molecule has 0 radical (unpaired) electrons. The molecule has 0 saturated carbocycles. The van der Waals surface area contributed by atoms with Crippen molar-refractivity contribution in [2.45, 2.75) is 18.4 Å². The zero-order chi connectivity index (χ0) is 18.8. The number of hydrogen-bond acceptors (Lipinski definition) is 3. The Hall–Kier alpha value is -2.87. The molecule has 1 aliphatic heterocycles. The molecule has 136 valence electrons. The van der Waals surface area contributed by atoms with E-state index < -0.39 is 41.3 Å². The Morgan fingerprint density at radius 2 is 1.73 bits per heavy atom. The van der Waals surface area contributed by atoms with E-state index in [4.69, 9.17) is 5.73 Å². The number of hydrogen-bond donors (Lipinski definition) is 2. The monoisotopic (exact) mass is 363 g/mol. The molecule has 2 aromatic carbocycles. The first-order valence-corrected chi connectivity index (χ1v) is 7.93. The molecule has 1 saturated heterocycles. The molecule has 0 unspecified atom stereocenters. The molecule has 26 heavy (non-hydrogen) atoms. The number of urea groups is 1. The van der Waals surface area contributed by atoms with Crippen LogP contribution in [-0.4, -0.2) is 29.4 Å². The van der Waals surface area contributed by atoms with Gasteiger partial charge in [-0.1, -0.05) is 18.2 Å². The Morgan fingerprint density at radius 3 is 2.42 bits per heavy atom. The lowest BCUT2D eigenvalue weighted by Gasteiger charge is -2.35. The smallest absolute Gasteiger partial charge is 0.326 e. The topological polar surface area (TPSA) is 75.4 Å². The van der Waals surface area contributed by atoms with Crippen LogP contribution < -0.4 is 11.1 Å². The molecule has 3 amide bonds. The van der Waals surface area contributed by atoms with E-state index in [-0.39, 0.29) is 18.5 Å². The minimum absolute atomic E-state index is 0.166. The summed E-state index contributed by atoms with van der Waals surface area (Å²) >= 11 is 0. The zero-order valence-corrected chi connectivity index (χ0v) is 13.6. The van der Waals surface area contributed by atoms with Gasteiger partial charge in [0.1, 0.15) is 5.82 Å². The summed E-state index contributed by atoms with van der Waals surface area (Å²) in [6, 6.07) is 8.21. The molecule has 0 spiro atoms. The first-order chi connectivity index (χ1) is 12.4. The summed E-state index contributed by atoms with van der Waals surface area (Å²) in [6.07, 6.45) is -0.286. The number of carbonyl (C=O) groups excluding carboxylic acids is 2. The van der Waals surface area contributed by atoms with Crippen LogP contribution in [0.3, 0.4) is 0 Å². The quantitative estimate of drug-likeness (QED) is 0.806. The van der Waals surface area contributed by atoms with Gasteiger partial charge in [-0.2, -0.15) is 0 Å². The SMILES string of the molecule is N[C@H]1CN(C(=O)Nc2ccccc2)C(=O)C[C@@H]1c1cc(F)c(F)cc1F. The fraction of sp³-hybridized carbons (Fsp3) is 0.222. The van der Waals surface area contributed by atoms with Crippen molar-refractivity contribution in [2.24, 2.45) is 5.73 Å². The first kappa shape index (κ1) is 17.9. The van der Waals surface area contributed by atoms with E-state index in [0.29, 0.717) is 17.8 Å². The molecule has 0 aromatic heterocycles. The lowest BCUT2D eigenvalue weighted by molar-refractivity contribution is -0.130. The van der Waals surface area contributed by atoms with Crippen molar-refractivity contribution < 1.29 is 22.8 Å². The third kappa shape index (κ3) is 3.55. The van der Waals surface area contributed by atoms with E-state index in [0.717, 1.165) is 4.90 Å². The molecule has 2 aromatic rings. The Balaban J connectivity index is 1.76. The minimum Gasteiger partial charge on any atom is -0.326 e. The van der Waals surface area contributed by atoms with Crippen LogP contribution in [0.25, 0.3) is 0 Å². The van der Waals surface area contributed by atoms with E-state index >= 15 is 0 Å². The maximum atomic E-state index is 14.0. The van der Waals surface area contributed by atoms with Crippen molar-refractivity contribution >= 4 is 17.6 Å². The number of para-hydroxylation sites is 1. The fourth-order valence-corrected chi connectivity index (χ4v) is 2.96. The highest BCUT2D eigenvalue weighted by molar-refractivity contribution is 6.02. The fourth-order valence-electron chi connectivity index (χ4n) is 2.96. The molecular weight excluding hydrogens is 347 g/mol. The number of carbonyl (C=O) groups is 2. The highest BCUT2D eigenvalue weighted by atomic mass is 19.2. The number of imide groups is 1. The van der Waals surface area contributed by atoms with Crippen LogP contribution in [0.2, 0.25) is 0 Å². The minimum atomic E-state index is -1.31. The number of rotatable bonds is 2. The summed E-state index contributed by atoms with van der Waals surface area (Å²) in [5, 5.41) is 2.57. The summed E-state index contributed by atoms with van der Waals surface area (Å²) in [5.74, 6) is -4.93. The summed E-state index contributed by atoms with van der Waals surface area (Å²) in [5.41, 5.74) is 6.33. The van der Waals surface area contributed by atoms with Crippen LogP contribution in [0, 0.1) is 17.5 Å². The second kappa shape index (κ2) is 7.17.